The molecule has 0 aromatic heterocycles. The monoisotopic (exact) mass is 301 g/mol. The second-order valence-electron chi connectivity index (χ2n) is 5.02. The third kappa shape index (κ3) is 3.60. The molecule has 2 rings (SSSR count). The highest BCUT2D eigenvalue weighted by molar-refractivity contribution is 6.33. The highest BCUT2D eigenvalue weighted by Gasteiger charge is 2.32. The quantitative estimate of drug-likeness (QED) is 0.682. The van der Waals surface area contributed by atoms with Crippen LogP contribution in [0, 0.1) is 6.92 Å². The van der Waals surface area contributed by atoms with E-state index in [-0.39, 0.29) is 12.1 Å². The highest BCUT2D eigenvalue weighted by atomic mass is 19.4. The normalized spacial score (nSPS) is 12.0. The van der Waals surface area contributed by atoms with Gasteiger partial charge in [-0.2, -0.15) is 13.2 Å². The van der Waals surface area contributed by atoms with E-state index in [1.54, 1.807) is 18.2 Å². The van der Waals surface area contributed by atoms with E-state index in [2.05, 4.69) is 0 Å². The van der Waals surface area contributed by atoms with Crippen LogP contribution >= 0.6 is 0 Å². The molecule has 22 heavy (non-hydrogen) atoms. The predicted octanol–water partition coefficient (Wildman–Crippen LogP) is 3.44. The van der Waals surface area contributed by atoms with Crippen LogP contribution in [-0.2, 0) is 12.7 Å². The molecule has 2 N–H and O–H groups in total. The molecule has 0 bridgehead atoms. The Hall–Kier alpha value is -2.01. The van der Waals surface area contributed by atoms with E-state index in [1.807, 2.05) is 13.0 Å². The Balaban J connectivity index is 2.47. The van der Waals surface area contributed by atoms with Crippen molar-refractivity contribution in [3.05, 3.63) is 64.2 Å². The molecule has 0 amide bonds. The van der Waals surface area contributed by atoms with Crippen LogP contribution in [0.15, 0.2) is 36.4 Å². The van der Waals surface area contributed by atoms with Gasteiger partial charge in [0, 0.05) is 6.54 Å². The molecule has 5 heteroatoms. The van der Waals surface area contributed by atoms with Crippen molar-refractivity contribution >= 4 is 25.5 Å². The summed E-state index contributed by atoms with van der Waals surface area (Å²) in [5.74, 6) is 0. The van der Waals surface area contributed by atoms with Crippen molar-refractivity contribution in [2.45, 2.75) is 19.6 Å². The summed E-state index contributed by atoms with van der Waals surface area (Å²) < 4.78 is 39.2. The number of benzene rings is 2. The number of halogens is 3. The van der Waals surface area contributed by atoms with Crippen LogP contribution in [0.4, 0.5) is 13.2 Å². The minimum absolute atomic E-state index is 0.0947. The summed E-state index contributed by atoms with van der Waals surface area (Å²) in [6.07, 6.45) is -1.32. The standard InChI is InChI=1S/C17H15BF3N/c1-11-13(3-2-4-16(11)18)6-7-14-9-12(10-22)5-8-15(14)17(19,20)21/h2-9H,10,22H2,1H3/b7-6+. The number of hydrogen-bond acceptors (Lipinski definition) is 1. The zero-order chi connectivity index (χ0) is 16.3. The summed E-state index contributed by atoms with van der Waals surface area (Å²) >= 11 is 0. The molecule has 2 aromatic rings. The zero-order valence-electron chi connectivity index (χ0n) is 12.1. The maximum atomic E-state index is 13.1. The van der Waals surface area contributed by atoms with E-state index in [0.29, 0.717) is 11.0 Å². The molecule has 2 radical (unpaired) electrons. The molecule has 1 nitrogen and oxygen atoms in total. The first-order chi connectivity index (χ1) is 10.3. The Morgan fingerprint density at radius 2 is 1.77 bits per heavy atom. The molecule has 2 aromatic carbocycles. The van der Waals surface area contributed by atoms with Gasteiger partial charge < -0.3 is 5.73 Å². The number of rotatable bonds is 3. The van der Waals surface area contributed by atoms with Gasteiger partial charge >= 0.3 is 6.18 Å². The summed E-state index contributed by atoms with van der Waals surface area (Å²) in [5, 5.41) is 0. The van der Waals surface area contributed by atoms with Crippen molar-refractivity contribution < 1.29 is 13.2 Å². The van der Waals surface area contributed by atoms with Gasteiger partial charge in [-0.3, -0.25) is 0 Å². The lowest BCUT2D eigenvalue weighted by molar-refractivity contribution is -0.137. The van der Waals surface area contributed by atoms with Crippen LogP contribution in [0.1, 0.15) is 27.8 Å². The predicted molar refractivity (Wildman–Crippen MR) is 84.8 cm³/mol. The molecule has 0 spiro atoms. The van der Waals surface area contributed by atoms with Gasteiger partial charge in [0.25, 0.3) is 0 Å². The Kier molecular flexibility index (Phi) is 4.76. The Bertz CT molecular complexity index is 706. The van der Waals surface area contributed by atoms with Crippen molar-refractivity contribution in [3.63, 3.8) is 0 Å². The SMILES string of the molecule is [B]c1cccc(/C=C/c2cc(CN)ccc2C(F)(F)F)c1C. The van der Waals surface area contributed by atoms with Crippen molar-refractivity contribution in [3.8, 4) is 0 Å². The Morgan fingerprint density at radius 3 is 2.41 bits per heavy atom. The molecule has 0 aliphatic rings. The van der Waals surface area contributed by atoms with Crippen LogP contribution in [0.25, 0.3) is 12.2 Å². The summed E-state index contributed by atoms with van der Waals surface area (Å²) in [5.41, 5.74) is 7.80. The molecule has 0 saturated carbocycles. The summed E-state index contributed by atoms with van der Waals surface area (Å²) in [6, 6.07) is 9.25. The fraction of sp³-hybridized carbons (Fsp3) is 0.176. The lowest BCUT2D eigenvalue weighted by Gasteiger charge is -2.12. The third-order valence-corrected chi connectivity index (χ3v) is 3.52. The average molecular weight is 301 g/mol. The average Bonchev–Trinajstić information content (AvgIpc) is 2.47. The molecule has 0 heterocycles. The van der Waals surface area contributed by atoms with Gasteiger partial charge in [0.1, 0.15) is 7.85 Å². The lowest BCUT2D eigenvalue weighted by atomic mass is 9.88. The van der Waals surface area contributed by atoms with Crippen molar-refractivity contribution in [1.29, 1.82) is 0 Å². The maximum Gasteiger partial charge on any atom is 0.416 e. The molecular formula is C17H15BF3N. The fourth-order valence-corrected chi connectivity index (χ4v) is 2.17. The molecule has 0 unspecified atom stereocenters. The van der Waals surface area contributed by atoms with Gasteiger partial charge in [-0.25, -0.2) is 0 Å². The fourth-order valence-electron chi connectivity index (χ4n) is 2.17. The van der Waals surface area contributed by atoms with E-state index >= 15 is 0 Å². The van der Waals surface area contributed by atoms with E-state index < -0.39 is 11.7 Å². The van der Waals surface area contributed by atoms with Crippen LogP contribution in [0.5, 0.6) is 0 Å². The topological polar surface area (TPSA) is 26.0 Å². The van der Waals surface area contributed by atoms with Gasteiger partial charge in [-0.1, -0.05) is 47.4 Å². The molecule has 0 aliphatic heterocycles. The molecular weight excluding hydrogens is 286 g/mol. The summed E-state index contributed by atoms with van der Waals surface area (Å²) in [6.45, 7) is 2.02. The number of alkyl halides is 3. The first-order valence-electron chi connectivity index (χ1n) is 6.76. The lowest BCUT2D eigenvalue weighted by Crippen LogP contribution is -2.09. The summed E-state index contributed by atoms with van der Waals surface area (Å²) in [4.78, 5) is 0. The smallest absolute Gasteiger partial charge is 0.326 e. The summed E-state index contributed by atoms with van der Waals surface area (Å²) in [7, 11) is 5.80. The highest BCUT2D eigenvalue weighted by Crippen LogP contribution is 2.33. The van der Waals surface area contributed by atoms with Crippen molar-refractivity contribution in [2.24, 2.45) is 5.73 Å². The molecule has 0 fully saturated rings. The Labute approximate surface area is 129 Å². The first kappa shape index (κ1) is 16.4. The Morgan fingerprint density at radius 1 is 1.09 bits per heavy atom. The van der Waals surface area contributed by atoms with Crippen LogP contribution in [-0.4, -0.2) is 7.85 Å². The van der Waals surface area contributed by atoms with Crippen LogP contribution in [0.2, 0.25) is 0 Å². The van der Waals surface area contributed by atoms with Crippen LogP contribution < -0.4 is 11.2 Å². The van der Waals surface area contributed by atoms with Gasteiger partial charge in [0.2, 0.25) is 0 Å². The minimum atomic E-state index is -4.41. The largest absolute Gasteiger partial charge is 0.416 e. The molecule has 0 saturated heterocycles. The second-order valence-corrected chi connectivity index (χ2v) is 5.02. The third-order valence-electron chi connectivity index (χ3n) is 3.52. The first-order valence-corrected chi connectivity index (χ1v) is 6.76. The van der Waals surface area contributed by atoms with Gasteiger partial charge in [0.15, 0.2) is 0 Å². The van der Waals surface area contributed by atoms with Gasteiger partial charge in [-0.15, -0.1) is 0 Å². The van der Waals surface area contributed by atoms with E-state index in [1.165, 1.54) is 18.2 Å². The molecule has 0 aliphatic carbocycles. The zero-order valence-corrected chi connectivity index (χ0v) is 12.1. The molecule has 112 valence electrons. The van der Waals surface area contributed by atoms with Crippen LogP contribution in [0.3, 0.4) is 0 Å². The van der Waals surface area contributed by atoms with E-state index in [0.717, 1.165) is 17.2 Å². The van der Waals surface area contributed by atoms with Gasteiger partial charge in [-0.05, 0) is 35.7 Å². The van der Waals surface area contributed by atoms with E-state index in [9.17, 15) is 13.2 Å². The number of nitrogens with two attached hydrogens (primary N) is 1. The van der Waals surface area contributed by atoms with Gasteiger partial charge in [0.05, 0.1) is 5.56 Å². The minimum Gasteiger partial charge on any atom is -0.326 e. The van der Waals surface area contributed by atoms with Crippen molar-refractivity contribution in [2.75, 3.05) is 0 Å². The number of hydrogen-bond donors (Lipinski definition) is 1. The molecule has 0 atom stereocenters. The van der Waals surface area contributed by atoms with Crippen molar-refractivity contribution in [1.82, 2.24) is 0 Å². The van der Waals surface area contributed by atoms with E-state index in [4.69, 9.17) is 13.6 Å². The maximum absolute atomic E-state index is 13.1. The second kappa shape index (κ2) is 6.40.